The molecule has 3 heteroatoms. The van der Waals surface area contributed by atoms with Gasteiger partial charge in [-0.25, -0.2) is 0 Å². The fourth-order valence-electron chi connectivity index (χ4n) is 1.99. The van der Waals surface area contributed by atoms with Crippen LogP contribution in [0.2, 0.25) is 5.02 Å². The predicted molar refractivity (Wildman–Crippen MR) is 64.2 cm³/mol. The summed E-state index contributed by atoms with van der Waals surface area (Å²) in [6, 6.07) is 8.74. The molecular weight excluding hydrogens is 208 g/mol. The lowest BCUT2D eigenvalue weighted by atomic mass is 10.1. The molecule has 82 valence electrons. The normalized spacial score (nSPS) is 22.9. The van der Waals surface area contributed by atoms with E-state index in [0.717, 1.165) is 31.2 Å². The maximum atomic E-state index is 5.97. The zero-order chi connectivity index (χ0) is 10.7. The summed E-state index contributed by atoms with van der Waals surface area (Å²) in [6.45, 7) is 6.55. The van der Waals surface area contributed by atoms with E-state index in [1.54, 1.807) is 0 Å². The molecule has 1 aromatic rings. The molecule has 1 aliphatic rings. The number of hydrogen-bond acceptors (Lipinski definition) is 2. The van der Waals surface area contributed by atoms with Crippen molar-refractivity contribution in [2.45, 2.75) is 19.5 Å². The molecule has 1 fully saturated rings. The molecule has 0 bridgehead atoms. The number of nitrogens with one attached hydrogen (secondary N) is 1. The minimum Gasteiger partial charge on any atom is -0.314 e. The van der Waals surface area contributed by atoms with Crippen LogP contribution in [0.1, 0.15) is 12.5 Å². The zero-order valence-electron chi connectivity index (χ0n) is 9.04. The van der Waals surface area contributed by atoms with Crippen molar-refractivity contribution < 1.29 is 0 Å². The number of piperazine rings is 1. The molecule has 0 amide bonds. The molecule has 1 saturated heterocycles. The first kappa shape index (κ1) is 10.9. The Bertz CT molecular complexity index is 327. The van der Waals surface area contributed by atoms with Crippen molar-refractivity contribution in [3.63, 3.8) is 0 Å². The van der Waals surface area contributed by atoms with Crippen LogP contribution in [-0.2, 0) is 6.54 Å². The molecular formula is C12H17ClN2. The van der Waals surface area contributed by atoms with E-state index in [9.17, 15) is 0 Å². The van der Waals surface area contributed by atoms with Crippen molar-refractivity contribution in [2.24, 2.45) is 0 Å². The molecule has 0 aliphatic carbocycles. The second kappa shape index (κ2) is 4.97. The molecule has 0 radical (unpaired) electrons. The summed E-state index contributed by atoms with van der Waals surface area (Å²) in [5, 5.41) is 4.22. The first-order valence-electron chi connectivity index (χ1n) is 5.45. The fourth-order valence-corrected chi connectivity index (χ4v) is 2.20. The van der Waals surface area contributed by atoms with Crippen molar-refractivity contribution in [2.75, 3.05) is 19.6 Å². The van der Waals surface area contributed by atoms with Crippen LogP contribution in [0.3, 0.4) is 0 Å². The van der Waals surface area contributed by atoms with Crippen molar-refractivity contribution in [3.05, 3.63) is 34.9 Å². The van der Waals surface area contributed by atoms with Crippen molar-refractivity contribution >= 4 is 11.6 Å². The third-order valence-electron chi connectivity index (χ3n) is 2.91. The largest absolute Gasteiger partial charge is 0.314 e. The van der Waals surface area contributed by atoms with Gasteiger partial charge in [-0.1, -0.05) is 23.7 Å². The molecule has 0 spiro atoms. The summed E-state index contributed by atoms with van der Waals surface area (Å²) in [4.78, 5) is 2.49. The van der Waals surface area contributed by atoms with E-state index in [1.807, 2.05) is 12.1 Å². The molecule has 1 N–H and O–H groups in total. The summed E-state index contributed by atoms with van der Waals surface area (Å²) in [5.41, 5.74) is 1.30. The molecule has 0 unspecified atom stereocenters. The Hall–Kier alpha value is -0.570. The van der Waals surface area contributed by atoms with Gasteiger partial charge in [-0.05, 0) is 24.6 Å². The standard InChI is InChI=1S/C12H17ClN2/c1-10-8-14-5-6-15(10)9-11-3-2-4-12(13)7-11/h2-4,7,10,14H,5-6,8-9H2,1H3/t10-/m1/s1. The number of nitrogens with zero attached hydrogens (tertiary/aromatic N) is 1. The van der Waals surface area contributed by atoms with Gasteiger partial charge in [0.05, 0.1) is 0 Å². The van der Waals surface area contributed by atoms with Crippen LogP contribution in [0.15, 0.2) is 24.3 Å². The van der Waals surface area contributed by atoms with E-state index in [-0.39, 0.29) is 0 Å². The van der Waals surface area contributed by atoms with Crippen LogP contribution in [0, 0.1) is 0 Å². The Kier molecular flexibility index (Phi) is 3.62. The Morgan fingerprint density at radius 1 is 1.53 bits per heavy atom. The van der Waals surface area contributed by atoms with E-state index < -0.39 is 0 Å². The minimum absolute atomic E-state index is 0.609. The summed E-state index contributed by atoms with van der Waals surface area (Å²) >= 11 is 5.97. The molecule has 1 aliphatic heterocycles. The quantitative estimate of drug-likeness (QED) is 0.828. The fraction of sp³-hybridized carbons (Fsp3) is 0.500. The Morgan fingerprint density at radius 3 is 3.13 bits per heavy atom. The lowest BCUT2D eigenvalue weighted by molar-refractivity contribution is 0.165. The molecule has 1 atom stereocenters. The van der Waals surface area contributed by atoms with E-state index in [2.05, 4.69) is 29.3 Å². The molecule has 0 saturated carbocycles. The number of rotatable bonds is 2. The minimum atomic E-state index is 0.609. The van der Waals surface area contributed by atoms with Gasteiger partial charge in [0.15, 0.2) is 0 Å². The van der Waals surface area contributed by atoms with Gasteiger partial charge in [-0.3, -0.25) is 4.90 Å². The molecule has 15 heavy (non-hydrogen) atoms. The highest BCUT2D eigenvalue weighted by atomic mass is 35.5. The second-order valence-electron chi connectivity index (χ2n) is 4.15. The maximum Gasteiger partial charge on any atom is 0.0409 e. The smallest absolute Gasteiger partial charge is 0.0409 e. The number of benzene rings is 1. The Morgan fingerprint density at radius 2 is 2.40 bits per heavy atom. The van der Waals surface area contributed by atoms with Gasteiger partial charge in [0.1, 0.15) is 0 Å². The van der Waals surface area contributed by atoms with Gasteiger partial charge in [0.2, 0.25) is 0 Å². The summed E-state index contributed by atoms with van der Waals surface area (Å²) in [7, 11) is 0. The number of hydrogen-bond donors (Lipinski definition) is 1. The zero-order valence-corrected chi connectivity index (χ0v) is 9.80. The lowest BCUT2D eigenvalue weighted by Gasteiger charge is -2.33. The van der Waals surface area contributed by atoms with Gasteiger partial charge in [-0.2, -0.15) is 0 Å². The Labute approximate surface area is 96.2 Å². The monoisotopic (exact) mass is 224 g/mol. The van der Waals surface area contributed by atoms with E-state index in [4.69, 9.17) is 11.6 Å². The average molecular weight is 225 g/mol. The average Bonchev–Trinajstić information content (AvgIpc) is 2.22. The summed E-state index contributed by atoms with van der Waals surface area (Å²) in [6.07, 6.45) is 0. The van der Waals surface area contributed by atoms with Crippen LogP contribution in [0.25, 0.3) is 0 Å². The summed E-state index contributed by atoms with van der Waals surface area (Å²) < 4.78 is 0. The van der Waals surface area contributed by atoms with Gasteiger partial charge < -0.3 is 5.32 Å². The second-order valence-corrected chi connectivity index (χ2v) is 4.59. The third-order valence-corrected chi connectivity index (χ3v) is 3.15. The first-order chi connectivity index (χ1) is 7.25. The highest BCUT2D eigenvalue weighted by Gasteiger charge is 2.17. The van der Waals surface area contributed by atoms with Crippen molar-refractivity contribution in [1.29, 1.82) is 0 Å². The highest BCUT2D eigenvalue weighted by molar-refractivity contribution is 6.30. The maximum absolute atomic E-state index is 5.97. The van der Waals surface area contributed by atoms with Gasteiger partial charge in [0.25, 0.3) is 0 Å². The van der Waals surface area contributed by atoms with Gasteiger partial charge in [-0.15, -0.1) is 0 Å². The molecule has 2 nitrogen and oxygen atoms in total. The van der Waals surface area contributed by atoms with Crippen LogP contribution in [0.5, 0.6) is 0 Å². The van der Waals surface area contributed by atoms with Crippen molar-refractivity contribution in [1.82, 2.24) is 10.2 Å². The van der Waals surface area contributed by atoms with Crippen LogP contribution in [-0.4, -0.2) is 30.6 Å². The first-order valence-corrected chi connectivity index (χ1v) is 5.83. The van der Waals surface area contributed by atoms with E-state index in [0.29, 0.717) is 6.04 Å². The molecule has 1 aromatic carbocycles. The van der Waals surface area contributed by atoms with Gasteiger partial charge in [0, 0.05) is 37.2 Å². The van der Waals surface area contributed by atoms with Gasteiger partial charge >= 0.3 is 0 Å². The van der Waals surface area contributed by atoms with Crippen LogP contribution >= 0.6 is 11.6 Å². The highest BCUT2D eigenvalue weighted by Crippen LogP contribution is 2.14. The van der Waals surface area contributed by atoms with Crippen LogP contribution in [0.4, 0.5) is 0 Å². The summed E-state index contributed by atoms with van der Waals surface area (Å²) in [5.74, 6) is 0. The topological polar surface area (TPSA) is 15.3 Å². The van der Waals surface area contributed by atoms with E-state index >= 15 is 0 Å². The third kappa shape index (κ3) is 2.94. The molecule has 2 rings (SSSR count). The number of halogens is 1. The molecule has 1 heterocycles. The molecule has 0 aromatic heterocycles. The Balaban J connectivity index is 2.01. The predicted octanol–water partition coefficient (Wildman–Crippen LogP) is 2.13. The lowest BCUT2D eigenvalue weighted by Crippen LogP contribution is -2.49. The van der Waals surface area contributed by atoms with E-state index in [1.165, 1.54) is 5.56 Å². The van der Waals surface area contributed by atoms with Crippen molar-refractivity contribution in [3.8, 4) is 0 Å². The van der Waals surface area contributed by atoms with Crippen LogP contribution < -0.4 is 5.32 Å². The SMILES string of the molecule is C[C@@H]1CNCCN1Cc1cccc(Cl)c1.